The molecule has 0 aromatic rings. The van der Waals surface area contributed by atoms with Crippen LogP contribution in [0.5, 0.6) is 0 Å². The molecular weight excluding hydrogens is 138 g/mol. The summed E-state index contributed by atoms with van der Waals surface area (Å²) >= 11 is 0. The Morgan fingerprint density at radius 2 is 1.82 bits per heavy atom. The van der Waals surface area contributed by atoms with Gasteiger partial charge in [0.1, 0.15) is 0 Å². The smallest absolute Gasteiger partial charge is 0.0695 e. The van der Waals surface area contributed by atoms with Crippen LogP contribution in [0.4, 0.5) is 0 Å². The normalized spacial score (nSPS) is 32.2. The van der Waals surface area contributed by atoms with Gasteiger partial charge < -0.3 is 5.11 Å². The summed E-state index contributed by atoms with van der Waals surface area (Å²) in [6, 6.07) is 0. The molecule has 0 saturated carbocycles. The topological polar surface area (TPSA) is 23.5 Å². The number of nitrogens with zero attached hydrogens (tertiary/aromatic N) is 1. The fourth-order valence-electron chi connectivity index (χ4n) is 2.83. The first-order valence-corrected chi connectivity index (χ1v) is 4.69. The van der Waals surface area contributed by atoms with Gasteiger partial charge in [-0.2, -0.15) is 0 Å². The Bertz CT molecular complexity index is 146. The molecule has 0 bridgehead atoms. The molecule has 0 aliphatic carbocycles. The quantitative estimate of drug-likeness (QED) is 0.610. The van der Waals surface area contributed by atoms with Crippen molar-refractivity contribution in [2.75, 3.05) is 13.1 Å². The minimum absolute atomic E-state index is 0.132. The lowest BCUT2D eigenvalue weighted by molar-refractivity contribution is 0.0294. The lowest BCUT2D eigenvalue weighted by atomic mass is 9.89. The fourth-order valence-corrected chi connectivity index (χ4v) is 2.83. The highest BCUT2D eigenvalue weighted by atomic mass is 16.3. The number of rotatable bonds is 1. The van der Waals surface area contributed by atoms with Crippen LogP contribution in [0.15, 0.2) is 0 Å². The highest BCUT2D eigenvalue weighted by Crippen LogP contribution is 2.40. The van der Waals surface area contributed by atoms with Gasteiger partial charge in [0.15, 0.2) is 0 Å². The van der Waals surface area contributed by atoms with Crippen LogP contribution in [0.25, 0.3) is 0 Å². The van der Waals surface area contributed by atoms with E-state index in [1.54, 1.807) is 0 Å². The Hall–Kier alpha value is -0.0800. The van der Waals surface area contributed by atoms with Crippen molar-refractivity contribution in [2.45, 2.75) is 44.2 Å². The SMILES string of the molecule is C[C@H](O)C12CCCN1CCC2. The van der Waals surface area contributed by atoms with Gasteiger partial charge in [-0.05, 0) is 45.7 Å². The largest absolute Gasteiger partial charge is 0.391 e. The molecule has 0 unspecified atom stereocenters. The van der Waals surface area contributed by atoms with Gasteiger partial charge in [-0.25, -0.2) is 0 Å². The minimum atomic E-state index is -0.132. The second-order valence-electron chi connectivity index (χ2n) is 3.97. The molecule has 2 rings (SSSR count). The molecule has 0 aromatic heterocycles. The van der Waals surface area contributed by atoms with E-state index < -0.39 is 0 Å². The molecule has 1 N–H and O–H groups in total. The van der Waals surface area contributed by atoms with Crippen molar-refractivity contribution in [3.63, 3.8) is 0 Å². The highest BCUT2D eigenvalue weighted by molar-refractivity contribution is 5.03. The molecule has 2 saturated heterocycles. The van der Waals surface area contributed by atoms with Crippen molar-refractivity contribution in [3.05, 3.63) is 0 Å². The molecule has 0 spiro atoms. The van der Waals surface area contributed by atoms with E-state index in [1.807, 2.05) is 6.92 Å². The Morgan fingerprint density at radius 1 is 1.27 bits per heavy atom. The van der Waals surface area contributed by atoms with Gasteiger partial charge in [-0.1, -0.05) is 0 Å². The zero-order valence-electron chi connectivity index (χ0n) is 7.21. The molecular formula is C9H17NO. The van der Waals surface area contributed by atoms with Crippen LogP contribution in [-0.4, -0.2) is 34.7 Å². The van der Waals surface area contributed by atoms with E-state index >= 15 is 0 Å². The molecule has 0 aromatic carbocycles. The average Bonchev–Trinajstić information content (AvgIpc) is 2.40. The number of hydrogen-bond donors (Lipinski definition) is 1. The first kappa shape index (κ1) is 7.56. The highest BCUT2D eigenvalue weighted by Gasteiger charge is 2.47. The first-order valence-electron chi connectivity index (χ1n) is 4.69. The molecule has 2 heteroatoms. The van der Waals surface area contributed by atoms with Crippen molar-refractivity contribution >= 4 is 0 Å². The summed E-state index contributed by atoms with van der Waals surface area (Å²) in [4.78, 5) is 2.48. The van der Waals surface area contributed by atoms with E-state index in [-0.39, 0.29) is 11.6 Å². The summed E-state index contributed by atoms with van der Waals surface area (Å²) < 4.78 is 0. The third kappa shape index (κ3) is 0.926. The summed E-state index contributed by atoms with van der Waals surface area (Å²) in [7, 11) is 0. The maximum Gasteiger partial charge on any atom is 0.0695 e. The molecule has 2 aliphatic heterocycles. The summed E-state index contributed by atoms with van der Waals surface area (Å²) in [5.74, 6) is 0. The Labute approximate surface area is 68.2 Å². The predicted molar refractivity (Wildman–Crippen MR) is 44.5 cm³/mol. The van der Waals surface area contributed by atoms with Crippen molar-refractivity contribution in [1.82, 2.24) is 4.90 Å². The van der Waals surface area contributed by atoms with Gasteiger partial charge in [0.05, 0.1) is 6.10 Å². The average molecular weight is 155 g/mol. The van der Waals surface area contributed by atoms with Gasteiger partial charge in [0, 0.05) is 5.54 Å². The van der Waals surface area contributed by atoms with Crippen LogP contribution < -0.4 is 0 Å². The molecule has 2 aliphatic rings. The zero-order chi connectivity index (χ0) is 7.90. The van der Waals surface area contributed by atoms with E-state index in [1.165, 1.54) is 38.8 Å². The fraction of sp³-hybridized carbons (Fsp3) is 1.00. The van der Waals surface area contributed by atoms with Crippen LogP contribution in [0.2, 0.25) is 0 Å². The third-order valence-corrected chi connectivity index (χ3v) is 3.48. The van der Waals surface area contributed by atoms with Crippen LogP contribution in [0.3, 0.4) is 0 Å². The van der Waals surface area contributed by atoms with Crippen molar-refractivity contribution < 1.29 is 5.11 Å². The molecule has 2 nitrogen and oxygen atoms in total. The molecule has 0 radical (unpaired) electrons. The summed E-state index contributed by atoms with van der Waals surface area (Å²) in [6.45, 7) is 4.37. The lowest BCUT2D eigenvalue weighted by Crippen LogP contribution is -2.47. The Morgan fingerprint density at radius 3 is 2.18 bits per heavy atom. The van der Waals surface area contributed by atoms with Gasteiger partial charge >= 0.3 is 0 Å². The van der Waals surface area contributed by atoms with Crippen LogP contribution in [0.1, 0.15) is 32.6 Å². The first-order chi connectivity index (χ1) is 5.26. The van der Waals surface area contributed by atoms with Crippen molar-refractivity contribution in [2.24, 2.45) is 0 Å². The van der Waals surface area contributed by atoms with E-state index in [2.05, 4.69) is 4.90 Å². The Balaban J connectivity index is 2.20. The molecule has 64 valence electrons. The molecule has 11 heavy (non-hydrogen) atoms. The van der Waals surface area contributed by atoms with E-state index in [0.717, 1.165) is 0 Å². The van der Waals surface area contributed by atoms with Gasteiger partial charge in [0.25, 0.3) is 0 Å². The second kappa shape index (κ2) is 2.46. The number of hydrogen-bond acceptors (Lipinski definition) is 2. The van der Waals surface area contributed by atoms with Crippen LogP contribution >= 0.6 is 0 Å². The minimum Gasteiger partial charge on any atom is -0.391 e. The van der Waals surface area contributed by atoms with Crippen LogP contribution in [-0.2, 0) is 0 Å². The van der Waals surface area contributed by atoms with Crippen molar-refractivity contribution in [1.29, 1.82) is 0 Å². The number of aliphatic hydroxyl groups excluding tert-OH is 1. The third-order valence-electron chi connectivity index (χ3n) is 3.48. The van der Waals surface area contributed by atoms with Crippen LogP contribution in [0, 0.1) is 0 Å². The van der Waals surface area contributed by atoms with Gasteiger partial charge in [-0.15, -0.1) is 0 Å². The lowest BCUT2D eigenvalue weighted by Gasteiger charge is -2.34. The number of aliphatic hydroxyl groups is 1. The van der Waals surface area contributed by atoms with Gasteiger partial charge in [-0.3, -0.25) is 4.90 Å². The zero-order valence-corrected chi connectivity index (χ0v) is 7.21. The molecule has 0 amide bonds. The summed E-state index contributed by atoms with van der Waals surface area (Å²) in [5.41, 5.74) is 0.194. The predicted octanol–water partition coefficient (Wildman–Crippen LogP) is 0.996. The summed E-state index contributed by atoms with van der Waals surface area (Å²) in [5, 5.41) is 9.67. The van der Waals surface area contributed by atoms with Crippen molar-refractivity contribution in [3.8, 4) is 0 Å². The molecule has 2 fully saturated rings. The summed E-state index contributed by atoms with van der Waals surface area (Å²) in [6.07, 6.45) is 4.86. The molecule has 2 heterocycles. The van der Waals surface area contributed by atoms with Gasteiger partial charge in [0.2, 0.25) is 0 Å². The van der Waals surface area contributed by atoms with E-state index in [4.69, 9.17) is 0 Å². The van der Waals surface area contributed by atoms with E-state index in [9.17, 15) is 5.11 Å². The standard InChI is InChI=1S/C9H17NO/c1-8(11)9-4-2-6-10(9)7-3-5-9/h8,11H,2-7H2,1H3/t8-/m0/s1. The maximum absolute atomic E-state index is 9.67. The maximum atomic E-state index is 9.67. The molecule has 1 atom stereocenters. The van der Waals surface area contributed by atoms with E-state index in [0.29, 0.717) is 0 Å². The second-order valence-corrected chi connectivity index (χ2v) is 3.97. The number of fused-ring (bicyclic) bond motifs is 1. The Kier molecular flexibility index (Phi) is 1.69. The monoisotopic (exact) mass is 155 g/mol.